The minimum Gasteiger partial charge on any atom is -0.478 e. The van der Waals surface area contributed by atoms with Crippen LogP contribution < -0.4 is 10.2 Å². The number of carbonyl (C=O) groups excluding carboxylic acids is 1. The van der Waals surface area contributed by atoms with Gasteiger partial charge in [0.25, 0.3) is 5.91 Å². The molecule has 1 amide bonds. The van der Waals surface area contributed by atoms with Crippen molar-refractivity contribution in [2.24, 2.45) is 0 Å². The summed E-state index contributed by atoms with van der Waals surface area (Å²) in [6.45, 7) is 8.38. The quantitative estimate of drug-likeness (QED) is 0.650. The van der Waals surface area contributed by atoms with Crippen molar-refractivity contribution in [2.75, 3.05) is 50.2 Å². The van der Waals surface area contributed by atoms with Crippen LogP contribution in [0.1, 0.15) is 40.3 Å². The summed E-state index contributed by atoms with van der Waals surface area (Å²) in [6.07, 6.45) is 0.191. The van der Waals surface area contributed by atoms with E-state index in [1.807, 2.05) is 11.0 Å². The summed E-state index contributed by atoms with van der Waals surface area (Å²) in [4.78, 5) is 33.3. The molecule has 2 fully saturated rings. The molecule has 0 spiro atoms. The number of carbonyl (C=O) groups is 2. The van der Waals surface area contributed by atoms with E-state index in [9.17, 15) is 14.7 Å². The molecular formula is C22H28N4O5S. The van der Waals surface area contributed by atoms with Gasteiger partial charge >= 0.3 is 5.97 Å². The number of amides is 1. The molecular weight excluding hydrogens is 432 g/mol. The van der Waals surface area contributed by atoms with Gasteiger partial charge in [0.15, 0.2) is 5.13 Å². The van der Waals surface area contributed by atoms with Gasteiger partial charge in [-0.25, -0.2) is 9.78 Å². The highest BCUT2D eigenvalue weighted by Gasteiger charge is 2.31. The molecule has 3 heterocycles. The number of morpholine rings is 1. The highest BCUT2D eigenvalue weighted by molar-refractivity contribution is 7.14. The van der Waals surface area contributed by atoms with Crippen LogP contribution in [-0.2, 0) is 16.0 Å². The number of benzene rings is 1. The van der Waals surface area contributed by atoms with E-state index >= 15 is 0 Å². The number of hydrogen-bond acceptors (Lipinski definition) is 8. The lowest BCUT2D eigenvalue weighted by molar-refractivity contribution is -0.0552. The zero-order valence-corrected chi connectivity index (χ0v) is 19.3. The van der Waals surface area contributed by atoms with E-state index < -0.39 is 11.9 Å². The molecule has 10 heteroatoms. The maximum atomic E-state index is 12.7. The molecule has 2 saturated heterocycles. The minimum atomic E-state index is -1.09. The molecule has 0 aliphatic carbocycles. The molecule has 0 atom stereocenters. The van der Waals surface area contributed by atoms with Crippen molar-refractivity contribution < 1.29 is 24.2 Å². The first-order chi connectivity index (χ1) is 15.3. The maximum absolute atomic E-state index is 12.7. The zero-order chi connectivity index (χ0) is 22.9. The molecule has 2 aromatic rings. The van der Waals surface area contributed by atoms with Gasteiger partial charge in [0, 0.05) is 44.2 Å². The summed E-state index contributed by atoms with van der Waals surface area (Å²) in [7, 11) is 1.68. The van der Waals surface area contributed by atoms with E-state index in [1.165, 1.54) is 11.3 Å². The molecule has 0 unspecified atom stereocenters. The Morgan fingerprint density at radius 3 is 2.84 bits per heavy atom. The third kappa shape index (κ3) is 4.78. The van der Waals surface area contributed by atoms with Crippen molar-refractivity contribution in [3.8, 4) is 0 Å². The molecule has 1 aromatic heterocycles. The van der Waals surface area contributed by atoms with E-state index in [4.69, 9.17) is 9.47 Å². The third-order valence-electron chi connectivity index (χ3n) is 5.93. The number of thiazole rings is 1. The molecule has 9 nitrogen and oxygen atoms in total. The van der Waals surface area contributed by atoms with Gasteiger partial charge in [0.05, 0.1) is 30.6 Å². The molecule has 2 aliphatic rings. The Bertz CT molecular complexity index is 1000. The molecule has 4 rings (SSSR count). The molecule has 32 heavy (non-hydrogen) atoms. The van der Waals surface area contributed by atoms with Crippen LogP contribution in [0.4, 0.5) is 10.8 Å². The Morgan fingerprint density at radius 2 is 2.16 bits per heavy atom. The highest BCUT2D eigenvalue weighted by atomic mass is 32.1. The SMILES string of the molecule is COC1CN(c2nc(C(=O)Nc3ccc(CN4CCOCC4(C)C)cc3C(=O)O)cs2)C1. The Balaban J connectivity index is 1.46. The zero-order valence-electron chi connectivity index (χ0n) is 18.5. The first kappa shape index (κ1) is 22.7. The van der Waals surface area contributed by atoms with Crippen LogP contribution in [0, 0.1) is 0 Å². The lowest BCUT2D eigenvalue weighted by atomic mass is 10.0. The number of carboxylic acid groups (broad SMARTS) is 1. The summed E-state index contributed by atoms with van der Waals surface area (Å²) in [5.74, 6) is -1.52. The van der Waals surface area contributed by atoms with Crippen LogP contribution in [0.15, 0.2) is 23.6 Å². The highest BCUT2D eigenvalue weighted by Crippen LogP contribution is 2.28. The number of carboxylic acids is 1. The average Bonchev–Trinajstić information content (AvgIpc) is 3.19. The van der Waals surface area contributed by atoms with Crippen molar-refractivity contribution in [1.82, 2.24) is 9.88 Å². The van der Waals surface area contributed by atoms with Crippen LogP contribution in [0.3, 0.4) is 0 Å². The van der Waals surface area contributed by atoms with Gasteiger partial charge < -0.3 is 24.8 Å². The topological polar surface area (TPSA) is 104 Å². The van der Waals surface area contributed by atoms with E-state index in [0.717, 1.165) is 30.3 Å². The first-order valence-corrected chi connectivity index (χ1v) is 11.4. The predicted molar refractivity (Wildman–Crippen MR) is 122 cm³/mol. The van der Waals surface area contributed by atoms with Crippen LogP contribution in [0.5, 0.6) is 0 Å². The third-order valence-corrected chi connectivity index (χ3v) is 6.83. The Morgan fingerprint density at radius 1 is 1.38 bits per heavy atom. The van der Waals surface area contributed by atoms with Gasteiger partial charge in [-0.15, -0.1) is 11.3 Å². The second-order valence-corrected chi connectivity index (χ2v) is 9.54. The molecule has 1 aromatic carbocycles. The number of aromatic nitrogens is 1. The number of ether oxygens (including phenoxy) is 2. The van der Waals surface area contributed by atoms with Gasteiger partial charge in [-0.05, 0) is 31.5 Å². The second-order valence-electron chi connectivity index (χ2n) is 8.70. The van der Waals surface area contributed by atoms with Crippen molar-refractivity contribution in [3.05, 3.63) is 40.4 Å². The van der Waals surface area contributed by atoms with Crippen LogP contribution in [0.25, 0.3) is 0 Å². The van der Waals surface area contributed by atoms with Gasteiger partial charge in [-0.1, -0.05) is 6.07 Å². The van der Waals surface area contributed by atoms with E-state index in [-0.39, 0.29) is 28.6 Å². The van der Waals surface area contributed by atoms with Gasteiger partial charge in [-0.2, -0.15) is 0 Å². The largest absolute Gasteiger partial charge is 0.478 e. The fourth-order valence-corrected chi connectivity index (χ4v) is 4.65. The summed E-state index contributed by atoms with van der Waals surface area (Å²) in [5, 5.41) is 14.9. The molecule has 0 bridgehead atoms. The number of rotatable bonds is 7. The minimum absolute atomic E-state index is 0.0584. The normalized spacial score (nSPS) is 18.9. The Labute approximate surface area is 190 Å². The molecule has 0 saturated carbocycles. The van der Waals surface area contributed by atoms with E-state index in [0.29, 0.717) is 19.8 Å². The Kier molecular flexibility index (Phi) is 6.47. The standard InChI is InChI=1S/C22H28N4O5S/c1-22(2)13-31-7-6-26(22)9-14-4-5-17(16(8-14)20(28)29)23-19(27)18-12-32-21(24-18)25-10-15(11-25)30-3/h4-5,8,12,15H,6-7,9-11,13H2,1-3H3,(H,23,27)(H,28,29). The molecule has 0 radical (unpaired) electrons. The summed E-state index contributed by atoms with van der Waals surface area (Å²) >= 11 is 1.38. The van der Waals surface area contributed by atoms with Gasteiger partial charge in [-0.3, -0.25) is 9.69 Å². The lowest BCUT2D eigenvalue weighted by Crippen LogP contribution is -2.52. The van der Waals surface area contributed by atoms with Crippen LogP contribution in [-0.4, -0.2) is 78.5 Å². The summed E-state index contributed by atoms with van der Waals surface area (Å²) < 4.78 is 10.8. The van der Waals surface area contributed by atoms with Crippen molar-refractivity contribution >= 4 is 34.0 Å². The van der Waals surface area contributed by atoms with Crippen molar-refractivity contribution in [3.63, 3.8) is 0 Å². The summed E-state index contributed by atoms with van der Waals surface area (Å²) in [6, 6.07) is 5.13. The van der Waals surface area contributed by atoms with E-state index in [2.05, 4.69) is 29.0 Å². The number of hydrogen-bond donors (Lipinski definition) is 2. The maximum Gasteiger partial charge on any atom is 0.337 e. The average molecular weight is 461 g/mol. The predicted octanol–water partition coefficient (Wildman–Crippen LogP) is 2.54. The summed E-state index contributed by atoms with van der Waals surface area (Å²) in [5.41, 5.74) is 1.32. The molecule has 2 N–H and O–H groups in total. The number of aromatic carboxylic acids is 1. The van der Waals surface area contributed by atoms with Gasteiger partial charge in [0.1, 0.15) is 5.69 Å². The van der Waals surface area contributed by atoms with Gasteiger partial charge in [0.2, 0.25) is 0 Å². The van der Waals surface area contributed by atoms with E-state index in [1.54, 1.807) is 24.6 Å². The monoisotopic (exact) mass is 460 g/mol. The fourth-order valence-electron chi connectivity index (χ4n) is 3.82. The second kappa shape index (κ2) is 9.14. The number of nitrogens with zero attached hydrogens (tertiary/aromatic N) is 3. The molecule has 2 aliphatic heterocycles. The fraction of sp³-hybridized carbons (Fsp3) is 0.500. The van der Waals surface area contributed by atoms with Crippen molar-refractivity contribution in [2.45, 2.75) is 32.0 Å². The number of nitrogens with one attached hydrogen (secondary N) is 1. The lowest BCUT2D eigenvalue weighted by Gasteiger charge is -2.42. The first-order valence-electron chi connectivity index (χ1n) is 10.5. The van der Waals surface area contributed by atoms with Crippen molar-refractivity contribution in [1.29, 1.82) is 0 Å². The van der Waals surface area contributed by atoms with Crippen LogP contribution in [0.2, 0.25) is 0 Å². The number of methoxy groups -OCH3 is 1. The number of anilines is 2. The Hall–Kier alpha value is -2.53. The smallest absolute Gasteiger partial charge is 0.337 e. The molecule has 172 valence electrons. The van der Waals surface area contributed by atoms with Crippen LogP contribution >= 0.6 is 11.3 Å².